The number of halogens is 2. The van der Waals surface area contributed by atoms with Crippen LogP contribution in [0.1, 0.15) is 39.9 Å². The average Bonchev–Trinajstić information content (AvgIpc) is 3.32. The molecule has 1 aromatic carbocycles. The van der Waals surface area contributed by atoms with E-state index in [0.717, 1.165) is 17.8 Å². The van der Waals surface area contributed by atoms with Crippen LogP contribution in [0.2, 0.25) is 10.0 Å². The number of rotatable bonds is 3. The molecule has 1 aliphatic rings. The van der Waals surface area contributed by atoms with Gasteiger partial charge in [0.2, 0.25) is 0 Å². The van der Waals surface area contributed by atoms with Crippen molar-refractivity contribution in [3.05, 3.63) is 56.2 Å². The van der Waals surface area contributed by atoms with Gasteiger partial charge in [-0.25, -0.2) is 4.98 Å². The maximum atomic E-state index is 13.3. The lowest BCUT2D eigenvalue weighted by molar-refractivity contribution is 0.0706. The Morgan fingerprint density at radius 3 is 2.81 bits per heavy atom. The minimum atomic E-state index is -0.110. The molecular formula is C19H17Cl2N3O2S. The molecule has 8 heteroatoms. The summed E-state index contributed by atoms with van der Waals surface area (Å²) in [4.78, 5) is 19.6. The van der Waals surface area contributed by atoms with Crippen LogP contribution in [-0.4, -0.2) is 34.0 Å². The first-order chi connectivity index (χ1) is 13.1. The number of hydrogen-bond acceptors (Lipinski definition) is 5. The Balaban J connectivity index is 1.68. The van der Waals surface area contributed by atoms with Gasteiger partial charge in [-0.3, -0.25) is 4.79 Å². The number of carbonyl (C=O) groups is 1. The van der Waals surface area contributed by atoms with Crippen LogP contribution in [0.4, 0.5) is 0 Å². The molecule has 1 atom stereocenters. The summed E-state index contributed by atoms with van der Waals surface area (Å²) < 4.78 is 5.35. The molecule has 0 aliphatic carbocycles. The predicted molar refractivity (Wildman–Crippen MR) is 107 cm³/mol. The SMILES string of the molecule is Cc1onc(-c2c(Cl)cccc2Cl)c1C(=O)N1CCCC(c2nccs2)C1. The van der Waals surface area contributed by atoms with Crippen molar-refractivity contribution in [2.24, 2.45) is 0 Å². The van der Waals surface area contributed by atoms with Crippen LogP contribution in [0.15, 0.2) is 34.3 Å². The van der Waals surface area contributed by atoms with Gasteiger partial charge < -0.3 is 9.42 Å². The number of aromatic nitrogens is 2. The molecule has 0 spiro atoms. The highest BCUT2D eigenvalue weighted by molar-refractivity contribution is 7.09. The van der Waals surface area contributed by atoms with Gasteiger partial charge in [0.25, 0.3) is 5.91 Å². The quantitative estimate of drug-likeness (QED) is 0.565. The predicted octanol–water partition coefficient (Wildman–Crippen LogP) is 5.43. The third kappa shape index (κ3) is 3.49. The van der Waals surface area contributed by atoms with Gasteiger partial charge in [0.1, 0.15) is 17.0 Å². The van der Waals surface area contributed by atoms with Gasteiger partial charge in [-0.2, -0.15) is 0 Å². The number of aryl methyl sites for hydroxylation is 1. The van der Waals surface area contributed by atoms with Gasteiger partial charge in [0, 0.05) is 36.1 Å². The molecule has 1 unspecified atom stereocenters. The van der Waals surface area contributed by atoms with Crippen molar-refractivity contribution in [3.63, 3.8) is 0 Å². The highest BCUT2D eigenvalue weighted by Crippen LogP contribution is 2.38. The Morgan fingerprint density at radius 2 is 2.11 bits per heavy atom. The lowest BCUT2D eigenvalue weighted by atomic mass is 9.97. The summed E-state index contributed by atoms with van der Waals surface area (Å²) in [5, 5.41) is 8.00. The van der Waals surface area contributed by atoms with Crippen LogP contribution in [0, 0.1) is 6.92 Å². The number of piperidine rings is 1. The minimum Gasteiger partial charge on any atom is -0.360 e. The zero-order chi connectivity index (χ0) is 19.0. The molecule has 3 aromatic rings. The topological polar surface area (TPSA) is 59.2 Å². The van der Waals surface area contributed by atoms with Gasteiger partial charge in [0.05, 0.1) is 15.1 Å². The second kappa shape index (κ2) is 7.62. The summed E-state index contributed by atoms with van der Waals surface area (Å²) in [6, 6.07) is 5.20. The van der Waals surface area contributed by atoms with Gasteiger partial charge in [0.15, 0.2) is 0 Å². The van der Waals surface area contributed by atoms with Gasteiger partial charge in [-0.05, 0) is 31.9 Å². The second-order valence-corrected chi connectivity index (χ2v) is 8.26. The van der Waals surface area contributed by atoms with Crippen molar-refractivity contribution in [2.75, 3.05) is 13.1 Å². The Labute approximate surface area is 170 Å². The summed E-state index contributed by atoms with van der Waals surface area (Å²) in [6.45, 7) is 3.06. The largest absolute Gasteiger partial charge is 0.360 e. The number of hydrogen-bond donors (Lipinski definition) is 0. The van der Waals surface area contributed by atoms with Crippen molar-refractivity contribution in [1.82, 2.24) is 15.0 Å². The Kier molecular flexibility index (Phi) is 5.21. The number of benzene rings is 1. The average molecular weight is 422 g/mol. The molecule has 5 nitrogen and oxygen atoms in total. The molecule has 0 bridgehead atoms. The molecule has 0 radical (unpaired) electrons. The third-order valence-electron chi connectivity index (χ3n) is 4.79. The normalized spacial score (nSPS) is 17.3. The van der Waals surface area contributed by atoms with Crippen molar-refractivity contribution in [2.45, 2.75) is 25.7 Å². The van der Waals surface area contributed by atoms with E-state index in [9.17, 15) is 4.79 Å². The van der Waals surface area contributed by atoms with Gasteiger partial charge in [-0.15, -0.1) is 11.3 Å². The fourth-order valence-corrected chi connectivity index (χ4v) is 4.82. The zero-order valence-electron chi connectivity index (χ0n) is 14.6. The van der Waals surface area contributed by atoms with Crippen LogP contribution in [0.5, 0.6) is 0 Å². The lowest BCUT2D eigenvalue weighted by Gasteiger charge is -2.31. The number of amides is 1. The van der Waals surface area contributed by atoms with E-state index in [4.69, 9.17) is 27.7 Å². The van der Waals surface area contributed by atoms with E-state index in [2.05, 4.69) is 10.1 Å². The highest BCUT2D eigenvalue weighted by Gasteiger charge is 2.32. The standard InChI is InChI=1S/C19H17Cl2N3O2S/c1-11-15(17(23-26-11)16-13(20)5-2-6-14(16)21)19(25)24-8-3-4-12(10-24)18-22-7-9-27-18/h2,5-7,9,12H,3-4,8,10H2,1H3. The first kappa shape index (κ1) is 18.5. The minimum absolute atomic E-state index is 0.110. The number of likely N-dealkylation sites (tertiary alicyclic amines) is 1. The van der Waals surface area contributed by atoms with Crippen molar-refractivity contribution < 1.29 is 9.32 Å². The summed E-state index contributed by atoms with van der Waals surface area (Å²) in [7, 11) is 0. The molecule has 140 valence electrons. The molecular weight excluding hydrogens is 405 g/mol. The smallest absolute Gasteiger partial charge is 0.259 e. The fourth-order valence-electron chi connectivity index (χ4n) is 3.48. The molecule has 4 rings (SSSR count). The molecule has 3 heterocycles. The van der Waals surface area contributed by atoms with Crippen LogP contribution in [0.25, 0.3) is 11.3 Å². The van der Waals surface area contributed by atoms with Crippen LogP contribution in [0.3, 0.4) is 0 Å². The van der Waals surface area contributed by atoms with E-state index in [1.807, 2.05) is 16.5 Å². The van der Waals surface area contributed by atoms with E-state index in [0.29, 0.717) is 45.7 Å². The van der Waals surface area contributed by atoms with Crippen molar-refractivity contribution in [1.29, 1.82) is 0 Å². The third-order valence-corrected chi connectivity index (χ3v) is 6.35. The Bertz CT molecular complexity index is 951. The summed E-state index contributed by atoms with van der Waals surface area (Å²) in [5.41, 5.74) is 1.34. The van der Waals surface area contributed by atoms with Crippen molar-refractivity contribution in [3.8, 4) is 11.3 Å². The van der Waals surface area contributed by atoms with Gasteiger partial charge >= 0.3 is 0 Å². The van der Waals surface area contributed by atoms with Crippen molar-refractivity contribution >= 4 is 40.4 Å². The first-order valence-corrected chi connectivity index (χ1v) is 10.3. The summed E-state index contributed by atoms with van der Waals surface area (Å²) >= 11 is 14.3. The second-order valence-electron chi connectivity index (χ2n) is 6.52. The molecule has 1 amide bonds. The van der Waals surface area contributed by atoms with E-state index < -0.39 is 0 Å². The molecule has 0 saturated carbocycles. The van der Waals surface area contributed by atoms with Gasteiger partial charge in [-0.1, -0.05) is 34.4 Å². The Hall–Kier alpha value is -1.89. The summed E-state index contributed by atoms with van der Waals surface area (Å²) in [5.74, 6) is 0.610. The maximum Gasteiger partial charge on any atom is 0.259 e. The van der Waals surface area contributed by atoms with E-state index in [-0.39, 0.29) is 11.8 Å². The van der Waals surface area contributed by atoms with E-state index >= 15 is 0 Å². The molecule has 1 fully saturated rings. The first-order valence-electron chi connectivity index (χ1n) is 8.65. The number of nitrogens with zero attached hydrogens (tertiary/aromatic N) is 3. The lowest BCUT2D eigenvalue weighted by Crippen LogP contribution is -2.39. The zero-order valence-corrected chi connectivity index (χ0v) is 16.9. The summed E-state index contributed by atoms with van der Waals surface area (Å²) in [6.07, 6.45) is 3.77. The Morgan fingerprint density at radius 1 is 1.33 bits per heavy atom. The number of thiazole rings is 1. The van der Waals surface area contributed by atoms with E-state index in [1.165, 1.54) is 0 Å². The molecule has 27 heavy (non-hydrogen) atoms. The molecule has 1 saturated heterocycles. The monoisotopic (exact) mass is 421 g/mol. The molecule has 0 N–H and O–H groups in total. The van der Waals surface area contributed by atoms with Crippen LogP contribution >= 0.6 is 34.5 Å². The molecule has 2 aromatic heterocycles. The van der Waals surface area contributed by atoms with Crippen LogP contribution in [-0.2, 0) is 0 Å². The van der Waals surface area contributed by atoms with Crippen LogP contribution < -0.4 is 0 Å². The number of carbonyl (C=O) groups excluding carboxylic acids is 1. The fraction of sp³-hybridized carbons (Fsp3) is 0.316. The van der Waals surface area contributed by atoms with E-state index in [1.54, 1.807) is 36.5 Å². The molecule has 1 aliphatic heterocycles. The maximum absolute atomic E-state index is 13.3. The highest BCUT2D eigenvalue weighted by atomic mass is 35.5.